The van der Waals surface area contributed by atoms with E-state index in [1.807, 2.05) is 0 Å². The third-order valence-corrected chi connectivity index (χ3v) is 6.67. The summed E-state index contributed by atoms with van der Waals surface area (Å²) in [5.74, 6) is 0. The smallest absolute Gasteiger partial charge is 0.120 e. The van der Waals surface area contributed by atoms with E-state index in [1.165, 1.54) is 39.1 Å². The fraction of sp³-hybridized carbons (Fsp3) is 0.226. The van der Waals surface area contributed by atoms with Gasteiger partial charge in [-0.25, -0.2) is 10.9 Å². The Morgan fingerprint density at radius 2 is 1.08 bits per heavy atom. The van der Waals surface area contributed by atoms with Crippen LogP contribution in [0.15, 0.2) is 103 Å². The molecule has 5 rings (SSSR count). The number of rotatable bonds is 4. The Hall–Kier alpha value is -3.14. The fourth-order valence-corrected chi connectivity index (χ4v) is 4.60. The van der Waals surface area contributed by atoms with Gasteiger partial charge in [0, 0.05) is 35.3 Å². The van der Waals surface area contributed by atoms with Gasteiger partial charge in [0.1, 0.15) is 12.3 Å². The van der Waals surface area contributed by atoms with Crippen LogP contribution in [0.4, 0.5) is 5.69 Å². The summed E-state index contributed by atoms with van der Waals surface area (Å²) in [6, 6.07) is 37.2. The quantitative estimate of drug-likeness (QED) is 0.357. The van der Waals surface area contributed by atoms with Crippen molar-refractivity contribution < 1.29 is 0 Å². The van der Waals surface area contributed by atoms with Crippen LogP contribution >= 0.6 is 0 Å². The van der Waals surface area contributed by atoms with Gasteiger partial charge in [-0.1, -0.05) is 117 Å². The molecule has 1 aliphatic heterocycles. The topological polar surface area (TPSA) is 27.3 Å². The third kappa shape index (κ3) is 6.83. The summed E-state index contributed by atoms with van der Waals surface area (Å²) in [7, 11) is 14.0. The summed E-state index contributed by atoms with van der Waals surface area (Å²) in [4.78, 5) is 2.43. The molecule has 7 heteroatoms. The molecule has 0 aliphatic carbocycles. The average molecular weight is 491 g/mol. The lowest BCUT2D eigenvalue weighted by atomic mass is 9.08. The van der Waals surface area contributed by atoms with Crippen molar-refractivity contribution in [1.82, 2.24) is 10.9 Å². The van der Waals surface area contributed by atoms with Crippen LogP contribution < -0.4 is 15.8 Å². The Kier molecular flexibility index (Phi) is 8.91. The molecule has 1 saturated heterocycles. The van der Waals surface area contributed by atoms with Gasteiger partial charge >= 0.3 is 0 Å². The van der Waals surface area contributed by atoms with E-state index in [4.69, 9.17) is 0 Å². The van der Waals surface area contributed by atoms with E-state index in [2.05, 4.69) is 170 Å². The molecule has 0 aromatic heterocycles. The van der Waals surface area contributed by atoms with Crippen LogP contribution in [0.25, 0.3) is 11.1 Å². The van der Waals surface area contributed by atoms with E-state index >= 15 is 0 Å². The van der Waals surface area contributed by atoms with Gasteiger partial charge in [0.25, 0.3) is 0 Å². The van der Waals surface area contributed by atoms with E-state index in [1.54, 1.807) is 0 Å². The van der Waals surface area contributed by atoms with Crippen LogP contribution in [0.2, 0.25) is 0 Å². The number of aryl methyl sites for hydroxylation is 1. The molecule has 1 heterocycles. The summed E-state index contributed by atoms with van der Waals surface area (Å²) in [5, 5.41) is 0. The molecule has 1 aliphatic rings. The molecule has 3 nitrogen and oxygen atoms in total. The highest BCUT2D eigenvalue weighted by Gasteiger charge is 2.35. The van der Waals surface area contributed by atoms with Crippen molar-refractivity contribution in [2.75, 3.05) is 4.90 Å². The predicted octanol–water partition coefficient (Wildman–Crippen LogP) is 5.75. The number of anilines is 1. The molecule has 2 N–H and O–H groups in total. The fourth-order valence-electron chi connectivity index (χ4n) is 4.60. The van der Waals surface area contributed by atoms with E-state index < -0.39 is 6.39 Å². The van der Waals surface area contributed by atoms with Gasteiger partial charge in [0.2, 0.25) is 0 Å². The first kappa shape index (κ1) is 27.9. The van der Waals surface area contributed by atoms with Crippen molar-refractivity contribution in [1.29, 1.82) is 0 Å². The number of nitrogens with zero attached hydrogens (tertiary/aromatic N) is 1. The van der Waals surface area contributed by atoms with Gasteiger partial charge < -0.3 is 4.90 Å². The third-order valence-electron chi connectivity index (χ3n) is 6.67. The van der Waals surface area contributed by atoms with Crippen LogP contribution in [-0.4, -0.2) is 29.6 Å². The van der Waals surface area contributed by atoms with Gasteiger partial charge in [0.15, 0.2) is 0 Å². The molecule has 1 fully saturated rings. The van der Waals surface area contributed by atoms with Gasteiger partial charge in [-0.05, 0) is 52.3 Å². The van der Waals surface area contributed by atoms with Crippen molar-refractivity contribution >= 4 is 35.3 Å². The number of nitrogens with one attached hydrogen (secondary N) is 2. The molecular weight excluding hydrogens is 458 g/mol. The highest BCUT2D eigenvalue weighted by molar-refractivity contribution is 7.49. The first-order valence-electron chi connectivity index (χ1n) is 13.0. The summed E-state index contributed by atoms with van der Waals surface area (Å²) >= 11 is 0. The Balaban J connectivity index is 0.000000786. The molecule has 184 valence electrons. The second-order valence-corrected chi connectivity index (χ2v) is 10.8. The maximum atomic E-state index is 4.67. The van der Waals surface area contributed by atoms with E-state index in [0.29, 0.717) is 0 Å². The summed E-state index contributed by atoms with van der Waals surface area (Å²) in [6.07, 6.45) is -0.629. The molecule has 2 atom stereocenters. The number of benzene rings is 4. The molecule has 0 saturated carbocycles. The van der Waals surface area contributed by atoms with Crippen LogP contribution in [0.3, 0.4) is 0 Å². The zero-order chi connectivity index (χ0) is 27.3. The summed E-state index contributed by atoms with van der Waals surface area (Å²) in [5.41, 5.74) is 16.0. The van der Waals surface area contributed by atoms with Gasteiger partial charge in [-0.3, -0.25) is 0 Å². The monoisotopic (exact) mass is 491 g/mol. The molecule has 38 heavy (non-hydrogen) atoms. The standard InChI is InChI=1S/C31H33N3.B4/c1-22-10-20-28(21-11-22)34-29(25-14-12-24(13-15-25)23-8-6-5-7-9-23)32-33-30(34)26-16-18-27(19-17-26)31(2,3)4;1-4(2)3/h5-21,29-30,32-33H,1-4H3;/t29-,30?;/m1./s1. The highest BCUT2D eigenvalue weighted by atomic mass is 15.6. The largest absolute Gasteiger partial charge is 0.330 e. The van der Waals surface area contributed by atoms with Crippen LogP contribution in [0, 0.1) is 6.92 Å². The minimum Gasteiger partial charge on any atom is -0.330 e. The van der Waals surface area contributed by atoms with Crippen LogP contribution in [-0.2, 0) is 5.41 Å². The number of hydrogen-bond donors (Lipinski definition) is 2. The van der Waals surface area contributed by atoms with Gasteiger partial charge in [-0.15, -0.1) is 0 Å². The van der Waals surface area contributed by atoms with Gasteiger partial charge in [-0.2, -0.15) is 0 Å². The normalized spacial score (nSPS) is 17.0. The van der Waals surface area contributed by atoms with E-state index in [9.17, 15) is 0 Å². The van der Waals surface area contributed by atoms with Gasteiger partial charge in [0.05, 0.1) is 0 Å². The molecule has 6 radical (unpaired) electrons. The molecule has 0 spiro atoms. The molecule has 0 amide bonds. The molecule has 4 aromatic rings. The highest BCUT2D eigenvalue weighted by Crippen LogP contribution is 2.38. The maximum absolute atomic E-state index is 4.67. The first-order chi connectivity index (χ1) is 18.1. The number of hydrogen-bond acceptors (Lipinski definition) is 3. The van der Waals surface area contributed by atoms with Crippen molar-refractivity contribution in [3.05, 3.63) is 125 Å². The molecule has 0 bridgehead atoms. The maximum Gasteiger partial charge on any atom is 0.120 e. The molecular formula is C31H33B4N3. The van der Waals surface area contributed by atoms with Crippen LogP contribution in [0.5, 0.6) is 0 Å². The SMILES string of the molecule is Cc1ccc(N2C(c3ccc(C(C)(C)C)cc3)NN[C@H]2c2ccc(-c3ccccc3)cc2)cc1.[B]B([B])[B]. The zero-order valence-corrected chi connectivity index (χ0v) is 22.7. The Morgan fingerprint density at radius 3 is 1.55 bits per heavy atom. The van der Waals surface area contributed by atoms with Crippen molar-refractivity contribution in [2.24, 2.45) is 0 Å². The Labute approximate surface area is 232 Å². The lowest BCUT2D eigenvalue weighted by Crippen LogP contribution is -2.29. The summed E-state index contributed by atoms with van der Waals surface area (Å²) in [6.45, 7) is 8.90. The zero-order valence-electron chi connectivity index (χ0n) is 22.7. The van der Waals surface area contributed by atoms with E-state index in [0.717, 1.165) is 0 Å². The lowest BCUT2D eigenvalue weighted by molar-refractivity contribution is 0.554. The minimum atomic E-state index is -0.667. The predicted molar refractivity (Wildman–Crippen MR) is 165 cm³/mol. The van der Waals surface area contributed by atoms with Crippen molar-refractivity contribution in [3.8, 4) is 11.1 Å². The summed E-state index contributed by atoms with van der Waals surface area (Å²) < 4.78 is 0. The van der Waals surface area contributed by atoms with Crippen molar-refractivity contribution in [3.63, 3.8) is 0 Å². The molecule has 4 aromatic carbocycles. The average Bonchev–Trinajstić information content (AvgIpc) is 3.34. The Bertz CT molecular complexity index is 1280. The van der Waals surface area contributed by atoms with Crippen LogP contribution in [0.1, 0.15) is 55.4 Å². The number of hydrazine groups is 1. The minimum absolute atomic E-state index is 0.0137. The second kappa shape index (κ2) is 12.1. The Morgan fingerprint density at radius 1 is 0.632 bits per heavy atom. The first-order valence-corrected chi connectivity index (χ1v) is 13.0. The lowest BCUT2D eigenvalue weighted by Gasteiger charge is -2.31. The second-order valence-electron chi connectivity index (χ2n) is 10.8. The van der Waals surface area contributed by atoms with E-state index in [-0.39, 0.29) is 17.7 Å². The van der Waals surface area contributed by atoms with Crippen molar-refractivity contribution in [2.45, 2.75) is 45.4 Å². The molecule has 1 unspecified atom stereocenters.